The molecule has 23 heavy (non-hydrogen) atoms. The van der Waals surface area contributed by atoms with Crippen molar-refractivity contribution in [1.82, 2.24) is 5.32 Å². The average molecular weight is 349 g/mol. The number of anilines is 2. The Labute approximate surface area is 147 Å². The molecule has 0 bridgehead atoms. The van der Waals surface area contributed by atoms with Crippen molar-refractivity contribution in [2.45, 2.75) is 23.5 Å². The van der Waals surface area contributed by atoms with Gasteiger partial charge in [0.15, 0.2) is 0 Å². The molecule has 0 aromatic heterocycles. The van der Waals surface area contributed by atoms with E-state index >= 15 is 0 Å². The normalized spacial score (nSPS) is 19.7. The molecule has 0 saturated carbocycles. The minimum Gasteiger partial charge on any atom is -0.368 e. The average Bonchev–Trinajstić information content (AvgIpc) is 3.10. The van der Waals surface area contributed by atoms with Crippen LogP contribution in [0.15, 0.2) is 34.6 Å². The standard InChI is InChI=1S/C17H24N4S2/c1-2-19-7-8-21-9-11-23-15-6-5-13(12-14(15)21)20-17(18)16-4-3-10-22-16/h3,5-6,10,12,16,19H,2,4,7-9,11H2,1H3,(H2,18,20). The zero-order valence-electron chi connectivity index (χ0n) is 13.5. The lowest BCUT2D eigenvalue weighted by Crippen LogP contribution is -2.35. The van der Waals surface area contributed by atoms with Gasteiger partial charge in [-0.15, -0.1) is 23.5 Å². The number of likely N-dealkylation sites (N-methyl/N-ethyl adjacent to an activating group) is 1. The van der Waals surface area contributed by atoms with Gasteiger partial charge in [0.05, 0.1) is 10.9 Å². The molecule has 2 heterocycles. The molecule has 124 valence electrons. The van der Waals surface area contributed by atoms with Gasteiger partial charge in [0.25, 0.3) is 0 Å². The van der Waals surface area contributed by atoms with E-state index < -0.39 is 0 Å². The second-order valence-electron chi connectivity index (χ2n) is 5.64. The molecule has 1 aromatic rings. The van der Waals surface area contributed by atoms with Gasteiger partial charge in [-0.05, 0) is 36.6 Å². The molecule has 0 amide bonds. The van der Waals surface area contributed by atoms with Gasteiger partial charge in [0.2, 0.25) is 0 Å². The number of rotatable bonds is 6. The van der Waals surface area contributed by atoms with Crippen LogP contribution in [0.3, 0.4) is 0 Å². The highest BCUT2D eigenvalue weighted by atomic mass is 32.2. The summed E-state index contributed by atoms with van der Waals surface area (Å²) < 4.78 is 0. The largest absolute Gasteiger partial charge is 0.368 e. The lowest BCUT2D eigenvalue weighted by molar-refractivity contribution is 0.685. The van der Waals surface area contributed by atoms with Crippen LogP contribution < -0.4 is 15.5 Å². The summed E-state index contributed by atoms with van der Waals surface area (Å²) in [6.45, 7) is 6.29. The van der Waals surface area contributed by atoms with E-state index in [0.717, 1.165) is 44.0 Å². The monoisotopic (exact) mass is 348 g/mol. The van der Waals surface area contributed by atoms with Crippen LogP contribution in [-0.4, -0.2) is 43.0 Å². The molecular formula is C17H24N4S2. The van der Waals surface area contributed by atoms with Gasteiger partial charge >= 0.3 is 0 Å². The molecule has 2 aliphatic rings. The maximum absolute atomic E-state index is 8.25. The van der Waals surface area contributed by atoms with Crippen LogP contribution in [0.25, 0.3) is 0 Å². The molecule has 2 aliphatic heterocycles. The first kappa shape index (κ1) is 16.7. The Morgan fingerprint density at radius 1 is 1.43 bits per heavy atom. The number of benzene rings is 1. The fourth-order valence-corrected chi connectivity index (χ4v) is 4.64. The van der Waals surface area contributed by atoms with Crippen molar-refractivity contribution in [1.29, 1.82) is 5.41 Å². The number of hydrogen-bond donors (Lipinski definition) is 3. The van der Waals surface area contributed by atoms with Crippen molar-refractivity contribution in [3.63, 3.8) is 0 Å². The maximum Gasteiger partial charge on any atom is 0.112 e. The SMILES string of the molecule is CCNCCN1CCSc2ccc(NC(=N)C3CC=CS3)cc21. The van der Waals surface area contributed by atoms with E-state index in [1.54, 1.807) is 11.8 Å². The van der Waals surface area contributed by atoms with Crippen molar-refractivity contribution in [2.24, 2.45) is 0 Å². The van der Waals surface area contributed by atoms with Crippen LogP contribution in [0.5, 0.6) is 0 Å². The lowest BCUT2D eigenvalue weighted by atomic mass is 10.2. The maximum atomic E-state index is 8.25. The van der Waals surface area contributed by atoms with Crippen LogP contribution >= 0.6 is 23.5 Å². The second kappa shape index (κ2) is 8.13. The highest BCUT2D eigenvalue weighted by Crippen LogP contribution is 2.36. The number of thioether (sulfide) groups is 2. The summed E-state index contributed by atoms with van der Waals surface area (Å²) in [4.78, 5) is 3.80. The number of fused-ring (bicyclic) bond motifs is 1. The second-order valence-corrected chi connectivity index (χ2v) is 7.89. The summed E-state index contributed by atoms with van der Waals surface area (Å²) >= 11 is 3.65. The quantitative estimate of drug-likeness (QED) is 0.416. The number of allylic oxidation sites excluding steroid dienone is 1. The third-order valence-electron chi connectivity index (χ3n) is 4.02. The molecule has 1 aromatic carbocycles. The van der Waals surface area contributed by atoms with Crippen molar-refractivity contribution < 1.29 is 0 Å². The van der Waals surface area contributed by atoms with E-state index in [-0.39, 0.29) is 5.25 Å². The van der Waals surface area contributed by atoms with Gasteiger partial charge in [-0.25, -0.2) is 0 Å². The first-order chi connectivity index (χ1) is 11.3. The van der Waals surface area contributed by atoms with Gasteiger partial charge in [-0.2, -0.15) is 0 Å². The zero-order chi connectivity index (χ0) is 16.1. The van der Waals surface area contributed by atoms with E-state index in [0.29, 0.717) is 5.84 Å². The minimum absolute atomic E-state index is 0.241. The summed E-state index contributed by atoms with van der Waals surface area (Å²) in [5, 5.41) is 17.3. The predicted octanol–water partition coefficient (Wildman–Crippen LogP) is 3.62. The van der Waals surface area contributed by atoms with Gasteiger partial charge in [-0.3, -0.25) is 5.41 Å². The van der Waals surface area contributed by atoms with Crippen molar-refractivity contribution >= 4 is 40.7 Å². The topological polar surface area (TPSA) is 51.1 Å². The zero-order valence-corrected chi connectivity index (χ0v) is 15.1. The Morgan fingerprint density at radius 2 is 2.35 bits per heavy atom. The Balaban J connectivity index is 1.68. The van der Waals surface area contributed by atoms with Crippen LogP contribution in [0.1, 0.15) is 13.3 Å². The van der Waals surface area contributed by atoms with E-state index in [1.165, 1.54) is 10.6 Å². The van der Waals surface area contributed by atoms with Crippen LogP contribution in [0, 0.1) is 5.41 Å². The summed E-state index contributed by atoms with van der Waals surface area (Å²) in [7, 11) is 0. The Bertz CT molecular complexity index is 580. The number of hydrogen-bond acceptors (Lipinski definition) is 5. The molecule has 0 saturated heterocycles. The molecule has 1 unspecified atom stereocenters. The molecule has 1 atom stereocenters. The molecule has 6 heteroatoms. The number of nitrogens with one attached hydrogen (secondary N) is 3. The molecule has 0 radical (unpaired) electrons. The van der Waals surface area contributed by atoms with Gasteiger partial charge in [-0.1, -0.05) is 13.0 Å². The van der Waals surface area contributed by atoms with Crippen LogP contribution in [0.2, 0.25) is 0 Å². The fourth-order valence-electron chi connectivity index (χ4n) is 2.78. The highest BCUT2D eigenvalue weighted by Gasteiger charge is 2.20. The van der Waals surface area contributed by atoms with Gasteiger partial charge in [0.1, 0.15) is 5.84 Å². The van der Waals surface area contributed by atoms with E-state index in [1.807, 2.05) is 11.8 Å². The predicted molar refractivity (Wildman–Crippen MR) is 104 cm³/mol. The summed E-state index contributed by atoms with van der Waals surface area (Å²) in [5.41, 5.74) is 2.33. The molecule has 3 rings (SSSR count). The van der Waals surface area contributed by atoms with Gasteiger partial charge < -0.3 is 15.5 Å². The minimum atomic E-state index is 0.241. The molecule has 0 spiro atoms. The Kier molecular flexibility index (Phi) is 5.91. The van der Waals surface area contributed by atoms with E-state index in [2.05, 4.69) is 52.1 Å². The number of amidine groups is 1. The van der Waals surface area contributed by atoms with Crippen LogP contribution in [0.4, 0.5) is 11.4 Å². The lowest BCUT2D eigenvalue weighted by Gasteiger charge is -2.31. The van der Waals surface area contributed by atoms with E-state index in [9.17, 15) is 0 Å². The summed E-state index contributed by atoms with van der Waals surface area (Å²) in [5.74, 6) is 1.74. The third kappa shape index (κ3) is 4.25. The van der Waals surface area contributed by atoms with Crippen molar-refractivity contribution in [3.8, 4) is 0 Å². The fraction of sp³-hybridized carbons (Fsp3) is 0.471. The smallest absolute Gasteiger partial charge is 0.112 e. The first-order valence-corrected chi connectivity index (χ1v) is 10.1. The number of nitrogens with zero attached hydrogens (tertiary/aromatic N) is 1. The summed E-state index contributed by atoms with van der Waals surface area (Å²) in [6, 6.07) is 6.49. The summed E-state index contributed by atoms with van der Waals surface area (Å²) in [6.07, 6.45) is 3.09. The molecular weight excluding hydrogens is 324 g/mol. The van der Waals surface area contributed by atoms with Crippen molar-refractivity contribution in [3.05, 3.63) is 29.7 Å². The molecule has 3 N–H and O–H groups in total. The molecule has 0 fully saturated rings. The first-order valence-electron chi connectivity index (χ1n) is 8.16. The Hall–Kier alpha value is -1.11. The van der Waals surface area contributed by atoms with Gasteiger partial charge in [0, 0.05) is 36.0 Å². The molecule has 4 nitrogen and oxygen atoms in total. The third-order valence-corrected chi connectivity index (χ3v) is 6.17. The highest BCUT2D eigenvalue weighted by molar-refractivity contribution is 8.03. The van der Waals surface area contributed by atoms with Crippen LogP contribution in [-0.2, 0) is 0 Å². The Morgan fingerprint density at radius 3 is 3.13 bits per heavy atom. The van der Waals surface area contributed by atoms with E-state index in [4.69, 9.17) is 5.41 Å². The molecule has 0 aliphatic carbocycles. The van der Waals surface area contributed by atoms with Crippen molar-refractivity contribution in [2.75, 3.05) is 42.1 Å².